The molecule has 128 valence electrons. The van der Waals surface area contributed by atoms with E-state index in [2.05, 4.69) is 5.10 Å². The number of aryl methyl sites for hydroxylation is 2. The van der Waals surface area contributed by atoms with Gasteiger partial charge in [0.15, 0.2) is 0 Å². The summed E-state index contributed by atoms with van der Waals surface area (Å²) >= 11 is 0. The summed E-state index contributed by atoms with van der Waals surface area (Å²) in [4.78, 5) is 26.8. The summed E-state index contributed by atoms with van der Waals surface area (Å²) in [6.45, 7) is 5.18. The molecule has 6 heteroatoms. The van der Waals surface area contributed by atoms with E-state index in [1.807, 2.05) is 49.1 Å². The van der Waals surface area contributed by atoms with Gasteiger partial charge in [-0.15, -0.1) is 0 Å². The Kier molecular flexibility index (Phi) is 4.55. The molecule has 0 saturated carbocycles. The maximum Gasteiger partial charge on any atom is 0.345 e. The van der Waals surface area contributed by atoms with Crippen LogP contribution in [0.2, 0.25) is 0 Å². The second-order valence-corrected chi connectivity index (χ2v) is 6.51. The Labute approximate surface area is 141 Å². The van der Waals surface area contributed by atoms with E-state index >= 15 is 0 Å². The molecule has 1 fully saturated rings. The van der Waals surface area contributed by atoms with E-state index in [0.717, 1.165) is 24.2 Å². The van der Waals surface area contributed by atoms with Crippen LogP contribution in [-0.4, -0.2) is 38.2 Å². The van der Waals surface area contributed by atoms with Gasteiger partial charge in [0.25, 0.3) is 0 Å². The molecular weight excluding hydrogens is 304 g/mol. The summed E-state index contributed by atoms with van der Waals surface area (Å²) in [6, 6.07) is 10.00. The summed E-state index contributed by atoms with van der Waals surface area (Å²) < 4.78 is 3.15. The van der Waals surface area contributed by atoms with E-state index in [4.69, 9.17) is 0 Å². The van der Waals surface area contributed by atoms with Crippen molar-refractivity contribution in [3.05, 3.63) is 52.2 Å². The van der Waals surface area contributed by atoms with Gasteiger partial charge in [0.1, 0.15) is 5.82 Å². The van der Waals surface area contributed by atoms with Crippen LogP contribution in [-0.2, 0) is 11.8 Å². The molecule has 3 rings (SSSR count). The van der Waals surface area contributed by atoms with Crippen molar-refractivity contribution in [2.45, 2.75) is 38.6 Å². The van der Waals surface area contributed by atoms with Crippen LogP contribution < -0.4 is 5.69 Å². The lowest BCUT2D eigenvalue weighted by Crippen LogP contribution is -2.42. The van der Waals surface area contributed by atoms with E-state index in [-0.39, 0.29) is 23.6 Å². The number of aromatic nitrogens is 3. The normalized spacial score (nSPS) is 17.0. The number of carbonyl (C=O) groups excluding carboxylic acids is 1. The van der Waals surface area contributed by atoms with Crippen molar-refractivity contribution in [1.29, 1.82) is 0 Å². The fourth-order valence-corrected chi connectivity index (χ4v) is 3.53. The minimum Gasteiger partial charge on any atom is -0.342 e. The highest BCUT2D eigenvalue weighted by Crippen LogP contribution is 2.25. The molecule has 2 heterocycles. The number of benzene rings is 1. The lowest BCUT2D eigenvalue weighted by Gasteiger charge is -2.34. The van der Waals surface area contributed by atoms with Crippen molar-refractivity contribution >= 4 is 5.91 Å². The predicted molar refractivity (Wildman–Crippen MR) is 91.9 cm³/mol. The zero-order chi connectivity index (χ0) is 17.3. The van der Waals surface area contributed by atoms with Crippen LogP contribution in [0.1, 0.15) is 43.1 Å². The topological polar surface area (TPSA) is 60.1 Å². The molecule has 1 saturated heterocycles. The summed E-state index contributed by atoms with van der Waals surface area (Å²) in [6.07, 6.45) is 1.58. The molecule has 2 aromatic rings. The first-order valence-corrected chi connectivity index (χ1v) is 8.45. The van der Waals surface area contributed by atoms with E-state index in [9.17, 15) is 9.59 Å². The van der Waals surface area contributed by atoms with Gasteiger partial charge < -0.3 is 4.90 Å². The second-order valence-electron chi connectivity index (χ2n) is 6.51. The Morgan fingerprint density at radius 1 is 1.21 bits per heavy atom. The number of nitrogens with zero attached hydrogens (tertiary/aromatic N) is 4. The molecule has 1 amide bonds. The second kappa shape index (κ2) is 6.63. The first-order chi connectivity index (χ1) is 11.5. The van der Waals surface area contributed by atoms with Crippen molar-refractivity contribution < 1.29 is 4.79 Å². The van der Waals surface area contributed by atoms with Gasteiger partial charge in [-0.1, -0.05) is 30.3 Å². The summed E-state index contributed by atoms with van der Waals surface area (Å²) in [7, 11) is 1.67. The number of amides is 1. The van der Waals surface area contributed by atoms with Crippen LogP contribution in [0.25, 0.3) is 0 Å². The van der Waals surface area contributed by atoms with Crippen LogP contribution in [0.3, 0.4) is 0 Å². The number of rotatable bonds is 3. The molecule has 1 aromatic carbocycles. The Bertz CT molecular complexity index is 770. The van der Waals surface area contributed by atoms with E-state index in [0.29, 0.717) is 13.1 Å². The molecule has 24 heavy (non-hydrogen) atoms. The predicted octanol–water partition coefficient (Wildman–Crippen LogP) is 1.86. The zero-order valence-electron chi connectivity index (χ0n) is 14.5. The molecule has 0 radical (unpaired) electrons. The van der Waals surface area contributed by atoms with Crippen LogP contribution in [0.4, 0.5) is 0 Å². The minimum absolute atomic E-state index is 0.0741. The van der Waals surface area contributed by atoms with Crippen molar-refractivity contribution in [1.82, 2.24) is 19.2 Å². The third kappa shape index (κ3) is 3.00. The molecule has 1 aromatic heterocycles. The van der Waals surface area contributed by atoms with Crippen molar-refractivity contribution in [2.24, 2.45) is 7.05 Å². The number of hydrogen-bond acceptors (Lipinski definition) is 3. The minimum atomic E-state index is -0.134. The molecule has 0 N–H and O–H groups in total. The molecule has 0 spiro atoms. The quantitative estimate of drug-likeness (QED) is 0.864. The third-order valence-corrected chi connectivity index (χ3v) is 4.94. The van der Waals surface area contributed by atoms with Crippen LogP contribution in [0.5, 0.6) is 0 Å². The number of hydrogen-bond donors (Lipinski definition) is 0. The van der Waals surface area contributed by atoms with Gasteiger partial charge in [-0.3, -0.25) is 9.36 Å². The van der Waals surface area contributed by atoms with E-state index in [1.54, 1.807) is 11.6 Å². The van der Waals surface area contributed by atoms with Crippen molar-refractivity contribution in [2.75, 3.05) is 13.1 Å². The van der Waals surface area contributed by atoms with Gasteiger partial charge in [0.05, 0.1) is 5.92 Å². The molecule has 1 aliphatic heterocycles. The largest absolute Gasteiger partial charge is 0.345 e. The SMILES string of the molecule is Cc1nn(C)c(=O)n1C1CCN(C(=O)C(C)c2ccccc2)CC1. The fraction of sp³-hybridized carbons (Fsp3) is 0.500. The van der Waals surface area contributed by atoms with E-state index < -0.39 is 0 Å². The average Bonchev–Trinajstić information content (AvgIpc) is 2.87. The molecule has 0 bridgehead atoms. The first kappa shape index (κ1) is 16.5. The highest BCUT2D eigenvalue weighted by molar-refractivity contribution is 5.83. The molecule has 1 unspecified atom stereocenters. The van der Waals surface area contributed by atoms with Crippen LogP contribution >= 0.6 is 0 Å². The Hall–Kier alpha value is -2.37. The lowest BCUT2D eigenvalue weighted by atomic mass is 9.97. The van der Waals surface area contributed by atoms with E-state index in [1.165, 1.54) is 4.68 Å². The molecule has 0 aliphatic carbocycles. The van der Waals surface area contributed by atoms with Crippen molar-refractivity contribution in [3.8, 4) is 0 Å². The van der Waals surface area contributed by atoms with Gasteiger partial charge in [-0.25, -0.2) is 9.48 Å². The van der Waals surface area contributed by atoms with Gasteiger partial charge >= 0.3 is 5.69 Å². The van der Waals surface area contributed by atoms with Crippen molar-refractivity contribution in [3.63, 3.8) is 0 Å². The molecular formula is C18H24N4O2. The molecule has 6 nitrogen and oxygen atoms in total. The Balaban J connectivity index is 1.67. The number of piperidine rings is 1. The maximum absolute atomic E-state index is 12.7. The summed E-state index contributed by atoms with van der Waals surface area (Å²) in [5.74, 6) is 0.769. The van der Waals surface area contributed by atoms with Gasteiger partial charge in [-0.2, -0.15) is 5.10 Å². The summed E-state index contributed by atoms with van der Waals surface area (Å²) in [5, 5.41) is 4.19. The standard InChI is InChI=1S/C18H24N4O2/c1-13(15-7-5-4-6-8-15)17(23)21-11-9-16(10-12-21)22-14(2)19-20(3)18(22)24/h4-8,13,16H,9-12H2,1-3H3. The van der Waals surface area contributed by atoms with Gasteiger partial charge in [0.2, 0.25) is 5.91 Å². The third-order valence-electron chi connectivity index (χ3n) is 4.94. The summed E-state index contributed by atoms with van der Waals surface area (Å²) in [5.41, 5.74) is 0.971. The van der Waals surface area contributed by atoms with Crippen LogP contribution in [0.15, 0.2) is 35.1 Å². The zero-order valence-corrected chi connectivity index (χ0v) is 14.5. The smallest absolute Gasteiger partial charge is 0.342 e. The highest BCUT2D eigenvalue weighted by atomic mass is 16.2. The van der Waals surface area contributed by atoms with Gasteiger partial charge in [0, 0.05) is 26.2 Å². The lowest BCUT2D eigenvalue weighted by molar-refractivity contribution is -0.133. The monoisotopic (exact) mass is 328 g/mol. The highest BCUT2D eigenvalue weighted by Gasteiger charge is 2.29. The Morgan fingerprint density at radius 3 is 2.38 bits per heavy atom. The number of carbonyl (C=O) groups is 1. The molecule has 1 atom stereocenters. The average molecular weight is 328 g/mol. The fourth-order valence-electron chi connectivity index (χ4n) is 3.53. The van der Waals surface area contributed by atoms with Crippen LogP contribution in [0, 0.1) is 6.92 Å². The maximum atomic E-state index is 12.7. The number of likely N-dealkylation sites (tertiary alicyclic amines) is 1. The Morgan fingerprint density at radius 2 is 1.83 bits per heavy atom. The first-order valence-electron chi connectivity index (χ1n) is 8.45. The van der Waals surface area contributed by atoms with Gasteiger partial charge in [-0.05, 0) is 32.3 Å². The molecule has 1 aliphatic rings.